The first-order chi connectivity index (χ1) is 13.3. The molecule has 1 aliphatic rings. The zero-order chi connectivity index (χ0) is 20.5. The third-order valence-corrected chi connectivity index (χ3v) is 7.42. The standard InChI is InChI=1S/C20H24N4O3S/c1-13-10-14(2)16(4)19(15(13)3)28(25,26)24-9-5-6-17(12-24)27-20-18(11-21)22-7-8-23-20/h7-8,10,17H,5-6,9,12H2,1-4H3. The lowest BCUT2D eigenvalue weighted by molar-refractivity contribution is 0.124. The van der Waals surface area contributed by atoms with Crippen molar-refractivity contribution in [2.75, 3.05) is 13.1 Å². The predicted octanol–water partition coefficient (Wildman–Crippen LogP) is 2.81. The summed E-state index contributed by atoms with van der Waals surface area (Å²) in [6.07, 6.45) is 3.87. The highest BCUT2D eigenvalue weighted by Gasteiger charge is 2.34. The monoisotopic (exact) mass is 400 g/mol. The fraction of sp³-hybridized carbons (Fsp3) is 0.450. The second-order valence-electron chi connectivity index (χ2n) is 7.16. The van der Waals surface area contributed by atoms with Gasteiger partial charge in [0.05, 0.1) is 11.4 Å². The van der Waals surface area contributed by atoms with Gasteiger partial charge in [-0.1, -0.05) is 6.07 Å². The molecule has 0 bridgehead atoms. The lowest BCUT2D eigenvalue weighted by Crippen LogP contribution is -2.44. The molecule has 0 N–H and O–H groups in total. The summed E-state index contributed by atoms with van der Waals surface area (Å²) in [6.45, 7) is 8.23. The van der Waals surface area contributed by atoms with Gasteiger partial charge in [-0.15, -0.1) is 0 Å². The summed E-state index contributed by atoms with van der Waals surface area (Å²) in [7, 11) is -3.66. The number of nitriles is 1. The molecule has 0 saturated carbocycles. The van der Waals surface area contributed by atoms with Crippen LogP contribution in [0.3, 0.4) is 0 Å². The van der Waals surface area contributed by atoms with Crippen LogP contribution >= 0.6 is 0 Å². The second-order valence-corrected chi connectivity index (χ2v) is 9.03. The Hall–Kier alpha value is -2.50. The van der Waals surface area contributed by atoms with Gasteiger partial charge in [0, 0.05) is 18.9 Å². The highest BCUT2D eigenvalue weighted by Crippen LogP contribution is 2.31. The van der Waals surface area contributed by atoms with Gasteiger partial charge in [0.1, 0.15) is 12.2 Å². The van der Waals surface area contributed by atoms with E-state index in [9.17, 15) is 8.42 Å². The Morgan fingerprint density at radius 2 is 1.79 bits per heavy atom. The van der Waals surface area contributed by atoms with Gasteiger partial charge in [0.25, 0.3) is 5.88 Å². The number of aryl methyl sites for hydroxylation is 2. The van der Waals surface area contributed by atoms with Crippen LogP contribution < -0.4 is 4.74 Å². The summed E-state index contributed by atoms with van der Waals surface area (Å²) < 4.78 is 34.2. The maximum atomic E-state index is 13.4. The number of aromatic nitrogens is 2. The third-order valence-electron chi connectivity index (χ3n) is 5.28. The number of sulfonamides is 1. The average Bonchev–Trinajstić information content (AvgIpc) is 2.67. The van der Waals surface area contributed by atoms with E-state index in [0.717, 1.165) is 22.3 Å². The molecule has 1 aromatic heterocycles. The van der Waals surface area contributed by atoms with Gasteiger partial charge in [-0.3, -0.25) is 0 Å². The Morgan fingerprint density at radius 3 is 2.43 bits per heavy atom. The number of hydrogen-bond acceptors (Lipinski definition) is 6. The molecule has 1 saturated heterocycles. The Balaban J connectivity index is 1.89. The lowest BCUT2D eigenvalue weighted by atomic mass is 10.0. The average molecular weight is 401 g/mol. The smallest absolute Gasteiger partial charge is 0.251 e. The van der Waals surface area contributed by atoms with Gasteiger partial charge in [-0.25, -0.2) is 18.4 Å². The zero-order valence-electron chi connectivity index (χ0n) is 16.6. The summed E-state index contributed by atoms with van der Waals surface area (Å²) in [5.41, 5.74) is 3.59. The number of benzene rings is 1. The van der Waals surface area contributed by atoms with Crippen molar-refractivity contribution in [2.45, 2.75) is 51.5 Å². The Labute approximate surface area is 166 Å². The van der Waals surface area contributed by atoms with Gasteiger partial charge in [-0.05, 0) is 62.8 Å². The summed E-state index contributed by atoms with van der Waals surface area (Å²) in [5.74, 6) is 0.146. The van der Waals surface area contributed by atoms with Crippen LogP contribution in [0.2, 0.25) is 0 Å². The molecule has 0 spiro atoms. The van der Waals surface area contributed by atoms with Gasteiger partial charge in [0.2, 0.25) is 15.7 Å². The zero-order valence-corrected chi connectivity index (χ0v) is 17.4. The minimum Gasteiger partial charge on any atom is -0.471 e. The van der Waals surface area contributed by atoms with Crippen molar-refractivity contribution in [3.05, 3.63) is 46.4 Å². The van der Waals surface area contributed by atoms with Crippen LogP contribution in [0.25, 0.3) is 0 Å². The predicted molar refractivity (Wildman–Crippen MR) is 105 cm³/mol. The first kappa shape index (κ1) is 20.2. The van der Waals surface area contributed by atoms with Crippen molar-refractivity contribution in [2.24, 2.45) is 0 Å². The second kappa shape index (κ2) is 7.86. The summed E-state index contributed by atoms with van der Waals surface area (Å²) in [6, 6.07) is 3.97. The molecule has 0 radical (unpaired) electrons. The van der Waals surface area contributed by atoms with Crippen LogP contribution in [-0.2, 0) is 10.0 Å². The number of ether oxygens (including phenoxy) is 1. The molecule has 3 rings (SSSR count). The van der Waals surface area contributed by atoms with Crippen LogP contribution in [-0.4, -0.2) is 41.9 Å². The molecule has 1 aliphatic heterocycles. The normalized spacial score (nSPS) is 17.9. The fourth-order valence-electron chi connectivity index (χ4n) is 3.56. The van der Waals surface area contributed by atoms with Crippen molar-refractivity contribution in [3.63, 3.8) is 0 Å². The van der Waals surface area contributed by atoms with Crippen molar-refractivity contribution < 1.29 is 13.2 Å². The molecular formula is C20H24N4O3S. The van der Waals surface area contributed by atoms with Gasteiger partial charge < -0.3 is 4.74 Å². The SMILES string of the molecule is Cc1cc(C)c(C)c(S(=O)(=O)N2CCCC(Oc3nccnc3C#N)C2)c1C. The number of rotatable bonds is 4. The van der Waals surface area contributed by atoms with E-state index in [1.807, 2.05) is 39.8 Å². The molecule has 1 unspecified atom stereocenters. The topological polar surface area (TPSA) is 96.2 Å². The van der Waals surface area contributed by atoms with Gasteiger partial charge in [0.15, 0.2) is 0 Å². The highest BCUT2D eigenvalue weighted by molar-refractivity contribution is 7.89. The molecule has 28 heavy (non-hydrogen) atoms. The highest BCUT2D eigenvalue weighted by atomic mass is 32.2. The van der Waals surface area contributed by atoms with Crippen LogP contribution in [0, 0.1) is 39.0 Å². The first-order valence-corrected chi connectivity index (χ1v) is 10.6. The molecular weight excluding hydrogens is 376 g/mol. The van der Waals surface area contributed by atoms with Gasteiger partial charge in [-0.2, -0.15) is 9.57 Å². The minimum atomic E-state index is -3.66. The maximum absolute atomic E-state index is 13.4. The van der Waals surface area contributed by atoms with Crippen molar-refractivity contribution >= 4 is 10.0 Å². The Bertz CT molecular complexity index is 1020. The molecule has 2 heterocycles. The molecule has 1 fully saturated rings. The summed E-state index contributed by atoms with van der Waals surface area (Å²) >= 11 is 0. The van der Waals surface area contributed by atoms with E-state index < -0.39 is 10.0 Å². The maximum Gasteiger partial charge on any atom is 0.251 e. The van der Waals surface area contributed by atoms with E-state index in [1.54, 1.807) is 0 Å². The lowest BCUT2D eigenvalue weighted by Gasteiger charge is -2.33. The van der Waals surface area contributed by atoms with Crippen LogP contribution in [0.1, 0.15) is 40.8 Å². The fourth-order valence-corrected chi connectivity index (χ4v) is 5.65. The summed E-state index contributed by atoms with van der Waals surface area (Å²) in [5, 5.41) is 9.15. The molecule has 7 nitrogen and oxygen atoms in total. The van der Waals surface area contributed by atoms with Crippen LogP contribution in [0.4, 0.5) is 0 Å². The molecule has 0 amide bonds. The Morgan fingerprint density at radius 1 is 1.14 bits per heavy atom. The molecule has 2 aromatic rings. The molecule has 148 valence electrons. The molecule has 8 heteroatoms. The van der Waals surface area contributed by atoms with Crippen molar-refractivity contribution in [1.29, 1.82) is 5.26 Å². The van der Waals surface area contributed by atoms with E-state index in [4.69, 9.17) is 10.00 Å². The molecule has 1 aromatic carbocycles. The van der Waals surface area contributed by atoms with E-state index in [2.05, 4.69) is 9.97 Å². The number of hydrogen-bond donors (Lipinski definition) is 0. The van der Waals surface area contributed by atoms with Crippen LogP contribution in [0.15, 0.2) is 23.4 Å². The Kier molecular flexibility index (Phi) is 5.68. The number of nitrogens with zero attached hydrogens (tertiary/aromatic N) is 4. The number of piperidine rings is 1. The third kappa shape index (κ3) is 3.73. The molecule has 0 aliphatic carbocycles. The van der Waals surface area contributed by atoms with Crippen LogP contribution in [0.5, 0.6) is 5.88 Å². The molecule has 1 atom stereocenters. The van der Waals surface area contributed by atoms with E-state index in [1.165, 1.54) is 16.7 Å². The minimum absolute atomic E-state index is 0.100. The van der Waals surface area contributed by atoms with E-state index in [-0.39, 0.29) is 24.2 Å². The van der Waals surface area contributed by atoms with Gasteiger partial charge >= 0.3 is 0 Å². The largest absolute Gasteiger partial charge is 0.471 e. The van der Waals surface area contributed by atoms with E-state index >= 15 is 0 Å². The first-order valence-electron chi connectivity index (χ1n) is 9.21. The quantitative estimate of drug-likeness (QED) is 0.783. The van der Waals surface area contributed by atoms with Crippen molar-refractivity contribution in [1.82, 2.24) is 14.3 Å². The van der Waals surface area contributed by atoms with Crippen molar-refractivity contribution in [3.8, 4) is 11.9 Å². The summed E-state index contributed by atoms with van der Waals surface area (Å²) in [4.78, 5) is 8.40. The van der Waals surface area contributed by atoms with E-state index in [0.29, 0.717) is 24.3 Å².